The van der Waals surface area contributed by atoms with E-state index in [0.717, 1.165) is 19.0 Å². The van der Waals surface area contributed by atoms with Crippen molar-refractivity contribution < 1.29 is 9.59 Å². The van der Waals surface area contributed by atoms with E-state index in [0.29, 0.717) is 19.6 Å². The predicted octanol–water partition coefficient (Wildman–Crippen LogP) is 2.25. The molecule has 0 saturated carbocycles. The number of piperidine rings is 1. The van der Waals surface area contributed by atoms with Gasteiger partial charge in [0.25, 0.3) is 0 Å². The van der Waals surface area contributed by atoms with Gasteiger partial charge < -0.3 is 15.1 Å². The average Bonchev–Trinajstić information content (AvgIpc) is 2.66. The molecule has 148 valence electrons. The van der Waals surface area contributed by atoms with Crippen molar-refractivity contribution in [3.63, 3.8) is 0 Å². The van der Waals surface area contributed by atoms with Crippen molar-refractivity contribution in [2.75, 3.05) is 46.3 Å². The lowest BCUT2D eigenvalue weighted by Gasteiger charge is -2.38. The van der Waals surface area contributed by atoms with Crippen LogP contribution in [-0.2, 0) is 4.79 Å². The van der Waals surface area contributed by atoms with Gasteiger partial charge in [-0.3, -0.25) is 9.69 Å². The molecule has 0 aromatic heterocycles. The van der Waals surface area contributed by atoms with Crippen molar-refractivity contribution in [2.24, 2.45) is 5.92 Å². The molecule has 6 nitrogen and oxygen atoms in total. The number of nitrogens with zero attached hydrogens (tertiary/aromatic N) is 3. The Morgan fingerprint density at radius 3 is 2.44 bits per heavy atom. The van der Waals surface area contributed by atoms with Gasteiger partial charge in [-0.15, -0.1) is 0 Å². The van der Waals surface area contributed by atoms with E-state index in [1.165, 1.54) is 24.0 Å². The minimum absolute atomic E-state index is 0.00324. The Balaban J connectivity index is 1.65. The molecule has 2 aliphatic heterocycles. The second-order valence-corrected chi connectivity index (χ2v) is 8.07. The van der Waals surface area contributed by atoms with Gasteiger partial charge in [0.1, 0.15) is 6.54 Å². The standard InChI is InChI=1S/C21H32N4O2/c1-16-4-6-18(7-5-16)19(24-10-8-17(2)9-11-24)14-22-21(27)25-13-12-23(3)20(26)15-25/h4-7,17,19H,8-15H2,1-3H3,(H,22,27)/t19-/m1/s1. The number of amides is 3. The van der Waals surface area contributed by atoms with Crippen LogP contribution in [-0.4, -0.2) is 73.0 Å². The summed E-state index contributed by atoms with van der Waals surface area (Å²) in [6, 6.07) is 8.64. The number of carbonyl (C=O) groups is 2. The van der Waals surface area contributed by atoms with Crippen LogP contribution in [0.3, 0.4) is 0 Å². The normalized spacial score (nSPS) is 20.6. The molecule has 2 saturated heterocycles. The van der Waals surface area contributed by atoms with Gasteiger partial charge in [-0.1, -0.05) is 36.8 Å². The molecule has 2 aliphatic rings. The largest absolute Gasteiger partial charge is 0.342 e. The molecule has 1 N–H and O–H groups in total. The van der Waals surface area contributed by atoms with E-state index in [4.69, 9.17) is 0 Å². The van der Waals surface area contributed by atoms with Crippen LogP contribution in [0.4, 0.5) is 4.79 Å². The van der Waals surface area contributed by atoms with Gasteiger partial charge in [-0.2, -0.15) is 0 Å². The molecule has 0 spiro atoms. The third-order valence-electron chi connectivity index (χ3n) is 5.91. The summed E-state index contributed by atoms with van der Waals surface area (Å²) in [4.78, 5) is 30.3. The predicted molar refractivity (Wildman–Crippen MR) is 106 cm³/mol. The summed E-state index contributed by atoms with van der Waals surface area (Å²) < 4.78 is 0. The van der Waals surface area contributed by atoms with Crippen molar-refractivity contribution in [3.05, 3.63) is 35.4 Å². The highest BCUT2D eigenvalue weighted by atomic mass is 16.2. The fourth-order valence-electron chi connectivity index (χ4n) is 3.81. The number of aryl methyl sites for hydroxylation is 1. The van der Waals surface area contributed by atoms with Gasteiger partial charge in [-0.05, 0) is 44.3 Å². The Labute approximate surface area is 162 Å². The molecule has 0 radical (unpaired) electrons. The Morgan fingerprint density at radius 1 is 1.15 bits per heavy atom. The van der Waals surface area contributed by atoms with Crippen molar-refractivity contribution in [1.29, 1.82) is 0 Å². The molecule has 2 fully saturated rings. The lowest BCUT2D eigenvalue weighted by molar-refractivity contribution is -0.133. The lowest BCUT2D eigenvalue weighted by atomic mass is 9.95. The number of hydrogen-bond acceptors (Lipinski definition) is 3. The molecule has 0 aliphatic carbocycles. The fraction of sp³-hybridized carbons (Fsp3) is 0.619. The fourth-order valence-corrected chi connectivity index (χ4v) is 3.81. The minimum Gasteiger partial charge on any atom is -0.342 e. The van der Waals surface area contributed by atoms with Gasteiger partial charge in [0.05, 0.1) is 6.04 Å². The highest BCUT2D eigenvalue weighted by molar-refractivity contribution is 5.85. The van der Waals surface area contributed by atoms with Gasteiger partial charge in [0.2, 0.25) is 5.91 Å². The van der Waals surface area contributed by atoms with E-state index >= 15 is 0 Å². The molecule has 1 aromatic carbocycles. The number of carbonyl (C=O) groups excluding carboxylic acids is 2. The molecule has 1 atom stereocenters. The topological polar surface area (TPSA) is 55.9 Å². The Kier molecular flexibility index (Phi) is 6.37. The molecular formula is C21H32N4O2. The highest BCUT2D eigenvalue weighted by Crippen LogP contribution is 2.26. The third kappa shape index (κ3) is 5.01. The number of nitrogens with one attached hydrogen (secondary N) is 1. The van der Waals surface area contributed by atoms with Crippen LogP contribution in [0.15, 0.2) is 24.3 Å². The number of likely N-dealkylation sites (tertiary alicyclic amines) is 1. The summed E-state index contributed by atoms with van der Waals surface area (Å²) in [5, 5.41) is 3.08. The average molecular weight is 373 g/mol. The molecule has 0 bridgehead atoms. The van der Waals surface area contributed by atoms with Crippen LogP contribution in [0, 0.1) is 12.8 Å². The van der Waals surface area contributed by atoms with Gasteiger partial charge >= 0.3 is 6.03 Å². The van der Waals surface area contributed by atoms with Crippen molar-refractivity contribution in [3.8, 4) is 0 Å². The quantitative estimate of drug-likeness (QED) is 0.882. The molecule has 3 amide bonds. The minimum atomic E-state index is -0.140. The number of likely N-dealkylation sites (N-methyl/N-ethyl adjacent to an activating group) is 1. The molecule has 2 heterocycles. The molecule has 0 unspecified atom stereocenters. The maximum atomic E-state index is 12.6. The van der Waals surface area contributed by atoms with Crippen molar-refractivity contribution >= 4 is 11.9 Å². The van der Waals surface area contributed by atoms with Crippen LogP contribution in [0.5, 0.6) is 0 Å². The number of rotatable bonds is 4. The molecule has 6 heteroatoms. The SMILES string of the molecule is Cc1ccc([C@@H](CNC(=O)N2CCN(C)C(=O)C2)N2CCC(C)CC2)cc1. The molecule has 1 aromatic rings. The number of hydrogen-bond donors (Lipinski definition) is 1. The summed E-state index contributed by atoms with van der Waals surface area (Å²) in [7, 11) is 1.78. The van der Waals surface area contributed by atoms with E-state index < -0.39 is 0 Å². The summed E-state index contributed by atoms with van der Waals surface area (Å²) in [5.41, 5.74) is 2.48. The van der Waals surface area contributed by atoms with Crippen LogP contribution < -0.4 is 5.32 Å². The third-order valence-corrected chi connectivity index (χ3v) is 5.91. The van der Waals surface area contributed by atoms with Gasteiger partial charge in [-0.25, -0.2) is 4.79 Å². The van der Waals surface area contributed by atoms with Crippen LogP contribution >= 0.6 is 0 Å². The first kappa shape index (κ1) is 19.7. The van der Waals surface area contributed by atoms with E-state index in [1.807, 2.05) is 0 Å². The Bertz CT molecular complexity index is 653. The van der Waals surface area contributed by atoms with Crippen LogP contribution in [0.25, 0.3) is 0 Å². The monoisotopic (exact) mass is 372 g/mol. The summed E-state index contributed by atoms with van der Waals surface area (Å²) in [5.74, 6) is 0.766. The zero-order valence-corrected chi connectivity index (χ0v) is 16.8. The van der Waals surface area contributed by atoms with Crippen molar-refractivity contribution in [1.82, 2.24) is 20.0 Å². The van der Waals surface area contributed by atoms with E-state index in [9.17, 15) is 9.59 Å². The molecular weight excluding hydrogens is 340 g/mol. The Hall–Kier alpha value is -2.08. The summed E-state index contributed by atoms with van der Waals surface area (Å²) >= 11 is 0. The van der Waals surface area contributed by atoms with Gasteiger partial charge in [0.15, 0.2) is 0 Å². The smallest absolute Gasteiger partial charge is 0.317 e. The van der Waals surface area contributed by atoms with E-state index in [1.54, 1.807) is 16.8 Å². The number of urea groups is 1. The Morgan fingerprint density at radius 2 is 1.81 bits per heavy atom. The maximum Gasteiger partial charge on any atom is 0.317 e. The zero-order chi connectivity index (χ0) is 19.4. The summed E-state index contributed by atoms with van der Waals surface area (Å²) in [6.45, 7) is 8.43. The summed E-state index contributed by atoms with van der Waals surface area (Å²) in [6.07, 6.45) is 2.40. The van der Waals surface area contributed by atoms with Crippen molar-refractivity contribution in [2.45, 2.75) is 32.7 Å². The van der Waals surface area contributed by atoms with Crippen LogP contribution in [0.1, 0.15) is 36.9 Å². The first-order chi connectivity index (χ1) is 12.9. The van der Waals surface area contributed by atoms with Gasteiger partial charge in [0, 0.05) is 26.7 Å². The molecule has 27 heavy (non-hydrogen) atoms. The molecule has 3 rings (SSSR count). The van der Waals surface area contributed by atoms with Crippen LogP contribution in [0.2, 0.25) is 0 Å². The zero-order valence-electron chi connectivity index (χ0n) is 16.8. The number of piperazine rings is 1. The second kappa shape index (κ2) is 8.74. The first-order valence-electron chi connectivity index (χ1n) is 10.0. The first-order valence-corrected chi connectivity index (χ1v) is 10.0. The number of benzene rings is 1. The van der Waals surface area contributed by atoms with E-state index in [2.05, 4.69) is 48.3 Å². The van der Waals surface area contributed by atoms with E-state index in [-0.39, 0.29) is 24.5 Å². The highest BCUT2D eigenvalue weighted by Gasteiger charge is 2.28. The lowest BCUT2D eigenvalue weighted by Crippen LogP contribution is -2.54. The second-order valence-electron chi connectivity index (χ2n) is 8.07. The maximum absolute atomic E-state index is 12.6.